The third kappa shape index (κ3) is 6.21. The highest BCUT2D eigenvalue weighted by molar-refractivity contribution is 8.17. The van der Waals surface area contributed by atoms with Crippen LogP contribution in [0.25, 0.3) is 5.70 Å². The molecule has 0 bridgehead atoms. The van der Waals surface area contributed by atoms with Gasteiger partial charge in [-0.2, -0.15) is 0 Å². The number of nitrogens with one attached hydrogen (secondary N) is 1. The van der Waals surface area contributed by atoms with Gasteiger partial charge in [0, 0.05) is 30.2 Å². The standard InChI is InChI=1S/C33H40N4O4S/c1-21(2)27-31(41)37(26(25-16-12-9-13-17-25)19-36(27)30(40)22(3)4)33(35-23(5)38,18-24-14-10-8-11-15-24)28(39)29-34-20-32(6,7)42-29/h8-17,19,21-22,27H,18,20H2,1-7H3,(H,35,38)/t27-,33+/m1/s1. The topological polar surface area (TPSA) is 99.2 Å². The maximum atomic E-state index is 14.9. The second-order valence-electron chi connectivity index (χ2n) is 12.2. The van der Waals surface area contributed by atoms with Crippen molar-refractivity contribution in [2.45, 2.75) is 71.3 Å². The minimum atomic E-state index is -1.85. The number of carbonyl (C=O) groups excluding carboxylic acids is 4. The van der Waals surface area contributed by atoms with Crippen LogP contribution in [0.2, 0.25) is 0 Å². The fraction of sp³-hybridized carbons (Fsp3) is 0.424. The number of amides is 3. The fourth-order valence-electron chi connectivity index (χ4n) is 5.43. The van der Waals surface area contributed by atoms with Crippen LogP contribution in [0.15, 0.2) is 71.9 Å². The molecule has 0 unspecified atom stereocenters. The molecule has 222 valence electrons. The van der Waals surface area contributed by atoms with E-state index in [0.29, 0.717) is 17.8 Å². The zero-order valence-corrected chi connectivity index (χ0v) is 26.2. The lowest BCUT2D eigenvalue weighted by atomic mass is 9.87. The van der Waals surface area contributed by atoms with Crippen molar-refractivity contribution in [1.82, 2.24) is 15.1 Å². The van der Waals surface area contributed by atoms with Crippen molar-refractivity contribution in [1.29, 1.82) is 0 Å². The quantitative estimate of drug-likeness (QED) is 0.449. The van der Waals surface area contributed by atoms with Crippen LogP contribution in [0.3, 0.4) is 0 Å². The third-order valence-electron chi connectivity index (χ3n) is 7.34. The summed E-state index contributed by atoms with van der Waals surface area (Å²) in [4.78, 5) is 63.8. The number of hydrogen-bond acceptors (Lipinski definition) is 6. The number of thioether (sulfide) groups is 1. The van der Waals surface area contributed by atoms with E-state index in [9.17, 15) is 19.2 Å². The average molecular weight is 589 g/mol. The lowest BCUT2D eigenvalue weighted by Crippen LogP contribution is -2.72. The first-order valence-corrected chi connectivity index (χ1v) is 15.1. The van der Waals surface area contributed by atoms with Crippen molar-refractivity contribution in [3.8, 4) is 0 Å². The van der Waals surface area contributed by atoms with Crippen LogP contribution in [-0.2, 0) is 25.6 Å². The van der Waals surface area contributed by atoms with Crippen LogP contribution in [0, 0.1) is 11.8 Å². The van der Waals surface area contributed by atoms with Gasteiger partial charge in [-0.25, -0.2) is 0 Å². The first kappa shape index (κ1) is 31.2. The maximum absolute atomic E-state index is 14.9. The lowest BCUT2D eigenvalue weighted by Gasteiger charge is -2.50. The Morgan fingerprint density at radius 1 is 1.02 bits per heavy atom. The highest BCUT2D eigenvalue weighted by Gasteiger charge is 2.56. The van der Waals surface area contributed by atoms with E-state index in [1.807, 2.05) is 88.4 Å². The first-order chi connectivity index (χ1) is 19.8. The van der Waals surface area contributed by atoms with E-state index in [-0.39, 0.29) is 34.0 Å². The molecule has 2 aromatic carbocycles. The Kier molecular flexibility index (Phi) is 9.11. The van der Waals surface area contributed by atoms with E-state index in [0.717, 1.165) is 5.56 Å². The Bertz CT molecular complexity index is 1420. The van der Waals surface area contributed by atoms with E-state index in [1.165, 1.54) is 28.5 Å². The van der Waals surface area contributed by atoms with Gasteiger partial charge >= 0.3 is 0 Å². The van der Waals surface area contributed by atoms with Crippen molar-refractivity contribution < 1.29 is 19.2 Å². The average Bonchev–Trinajstić information content (AvgIpc) is 3.31. The van der Waals surface area contributed by atoms with Crippen LogP contribution < -0.4 is 5.32 Å². The second kappa shape index (κ2) is 12.3. The van der Waals surface area contributed by atoms with Crippen LogP contribution >= 0.6 is 11.8 Å². The second-order valence-corrected chi connectivity index (χ2v) is 13.9. The predicted octanol–water partition coefficient (Wildman–Crippen LogP) is 4.90. The smallest absolute Gasteiger partial charge is 0.252 e. The molecule has 0 aliphatic carbocycles. The van der Waals surface area contributed by atoms with Crippen LogP contribution in [0.5, 0.6) is 0 Å². The Balaban J connectivity index is 2.05. The lowest BCUT2D eigenvalue weighted by molar-refractivity contribution is -0.154. The van der Waals surface area contributed by atoms with Crippen LogP contribution in [-0.4, -0.2) is 61.3 Å². The molecule has 4 rings (SSSR count). The number of rotatable bonds is 9. The monoisotopic (exact) mass is 588 g/mol. The van der Waals surface area contributed by atoms with Gasteiger partial charge in [-0.15, -0.1) is 0 Å². The van der Waals surface area contributed by atoms with Crippen molar-refractivity contribution in [3.63, 3.8) is 0 Å². The van der Waals surface area contributed by atoms with E-state index in [2.05, 4.69) is 10.3 Å². The van der Waals surface area contributed by atoms with Crippen LogP contribution in [0.4, 0.5) is 0 Å². The minimum Gasteiger partial charge on any atom is -0.326 e. The number of aliphatic imine (C=N–C) groups is 1. The summed E-state index contributed by atoms with van der Waals surface area (Å²) in [6.45, 7) is 13.1. The van der Waals surface area contributed by atoms with E-state index in [4.69, 9.17) is 0 Å². The molecule has 2 aromatic rings. The van der Waals surface area contributed by atoms with E-state index >= 15 is 0 Å². The Morgan fingerprint density at radius 3 is 2.12 bits per heavy atom. The number of benzene rings is 2. The summed E-state index contributed by atoms with van der Waals surface area (Å²) in [5.41, 5.74) is -0.110. The SMILES string of the molecule is CC(=O)N[C@](Cc1ccccc1)(C(=O)C1=NCC(C)(C)S1)N1C(=O)[C@@H](C(C)C)N(C(=O)C(C)C)C=C1c1ccccc1. The summed E-state index contributed by atoms with van der Waals surface area (Å²) in [5.74, 6) is -2.22. The molecule has 2 heterocycles. The molecule has 8 nitrogen and oxygen atoms in total. The molecule has 2 aliphatic heterocycles. The molecule has 9 heteroatoms. The molecular formula is C33H40N4O4S. The summed E-state index contributed by atoms with van der Waals surface area (Å²) in [6.07, 6.45) is 1.68. The number of carbonyl (C=O) groups is 4. The number of Topliss-reactive ketones (excluding diaryl/α,β-unsaturated/α-hetero) is 1. The minimum absolute atomic E-state index is 0.00508. The molecule has 1 N–H and O–H groups in total. The number of nitrogens with zero attached hydrogens (tertiary/aromatic N) is 3. The van der Waals surface area contributed by atoms with Crippen molar-refractivity contribution >= 4 is 46.0 Å². The van der Waals surface area contributed by atoms with Gasteiger partial charge in [0.05, 0.1) is 12.2 Å². The molecule has 0 fully saturated rings. The van der Waals surface area contributed by atoms with Crippen molar-refractivity contribution in [2.24, 2.45) is 16.8 Å². The fourth-order valence-corrected chi connectivity index (χ4v) is 6.48. The summed E-state index contributed by atoms with van der Waals surface area (Å²) >= 11 is 1.35. The van der Waals surface area contributed by atoms with Gasteiger partial charge in [0.1, 0.15) is 11.1 Å². The van der Waals surface area contributed by atoms with Gasteiger partial charge in [-0.1, -0.05) is 100 Å². The third-order valence-corrected chi connectivity index (χ3v) is 8.53. The molecule has 0 aromatic heterocycles. The summed E-state index contributed by atoms with van der Waals surface area (Å²) < 4.78 is -0.315. The first-order valence-electron chi connectivity index (χ1n) is 14.3. The molecule has 0 saturated carbocycles. The van der Waals surface area contributed by atoms with E-state index < -0.39 is 29.3 Å². The summed E-state index contributed by atoms with van der Waals surface area (Å²) in [6, 6.07) is 17.6. The molecule has 3 amide bonds. The summed E-state index contributed by atoms with van der Waals surface area (Å²) in [7, 11) is 0. The van der Waals surface area contributed by atoms with Gasteiger partial charge in [0.2, 0.25) is 17.6 Å². The van der Waals surface area contributed by atoms with Gasteiger partial charge in [-0.3, -0.25) is 29.1 Å². The van der Waals surface area contributed by atoms with Gasteiger partial charge in [0.15, 0.2) is 5.66 Å². The van der Waals surface area contributed by atoms with E-state index in [1.54, 1.807) is 20.0 Å². The normalized spacial score (nSPS) is 19.8. The largest absolute Gasteiger partial charge is 0.326 e. The molecular weight excluding hydrogens is 548 g/mol. The van der Waals surface area contributed by atoms with Gasteiger partial charge in [-0.05, 0) is 30.9 Å². The molecule has 0 saturated heterocycles. The van der Waals surface area contributed by atoms with Crippen molar-refractivity contribution in [2.75, 3.05) is 6.54 Å². The highest BCUT2D eigenvalue weighted by atomic mass is 32.2. The highest BCUT2D eigenvalue weighted by Crippen LogP contribution is 2.40. The molecule has 2 atom stereocenters. The molecule has 0 radical (unpaired) electrons. The van der Waals surface area contributed by atoms with Gasteiger partial charge < -0.3 is 10.2 Å². The number of hydrogen-bond donors (Lipinski definition) is 1. The Hall–Kier alpha value is -3.72. The molecule has 2 aliphatic rings. The molecule has 42 heavy (non-hydrogen) atoms. The Labute approximate surface area is 252 Å². The van der Waals surface area contributed by atoms with Crippen molar-refractivity contribution in [3.05, 3.63) is 78.0 Å². The zero-order valence-electron chi connectivity index (χ0n) is 25.4. The predicted molar refractivity (Wildman–Crippen MR) is 167 cm³/mol. The Morgan fingerprint density at radius 2 is 1.62 bits per heavy atom. The zero-order chi connectivity index (χ0) is 30.8. The maximum Gasteiger partial charge on any atom is 0.252 e. The van der Waals surface area contributed by atoms with Crippen LogP contribution in [0.1, 0.15) is 59.6 Å². The number of ketones is 1. The van der Waals surface area contributed by atoms with Gasteiger partial charge in [0.25, 0.3) is 5.91 Å². The summed E-state index contributed by atoms with van der Waals surface area (Å²) in [5, 5.41) is 3.21. The molecule has 0 spiro atoms.